The first-order valence-corrected chi connectivity index (χ1v) is 10.1. The fourth-order valence-electron chi connectivity index (χ4n) is 3.50. The van der Waals surface area contributed by atoms with Gasteiger partial charge in [0.1, 0.15) is 6.54 Å². The van der Waals surface area contributed by atoms with Crippen LogP contribution in [-0.2, 0) is 24.3 Å². The number of carbonyl (C=O) groups excluding carboxylic acids is 1. The molecule has 0 aliphatic rings. The van der Waals surface area contributed by atoms with Crippen LogP contribution < -0.4 is 16.4 Å². The Kier molecular flexibility index (Phi) is 6.03. The number of hydrogen-bond donors (Lipinski definition) is 1. The van der Waals surface area contributed by atoms with Gasteiger partial charge in [-0.3, -0.25) is 23.5 Å². The van der Waals surface area contributed by atoms with Crippen molar-refractivity contribution in [2.45, 2.75) is 19.5 Å². The van der Waals surface area contributed by atoms with Crippen LogP contribution in [0.1, 0.15) is 11.1 Å². The van der Waals surface area contributed by atoms with Crippen molar-refractivity contribution in [3.05, 3.63) is 111 Å². The van der Waals surface area contributed by atoms with Crippen LogP contribution in [0, 0.1) is 0 Å². The first-order chi connectivity index (χ1) is 15.1. The van der Waals surface area contributed by atoms with Crippen molar-refractivity contribution in [3.63, 3.8) is 0 Å². The second-order valence-electron chi connectivity index (χ2n) is 7.20. The average Bonchev–Trinajstić information content (AvgIpc) is 2.81. The minimum atomic E-state index is -0.741. The molecule has 1 N–H and O–H groups in total. The lowest BCUT2D eigenvalue weighted by Gasteiger charge is -2.14. The van der Waals surface area contributed by atoms with Gasteiger partial charge in [0.25, 0.3) is 0 Å². The van der Waals surface area contributed by atoms with Crippen molar-refractivity contribution in [3.8, 4) is 0 Å². The molecule has 2 aromatic carbocycles. The lowest BCUT2D eigenvalue weighted by Crippen LogP contribution is -2.44. The molecule has 0 aliphatic carbocycles. The predicted octanol–water partition coefficient (Wildman–Crippen LogP) is 1.97. The van der Waals surface area contributed by atoms with E-state index in [1.807, 2.05) is 60.7 Å². The highest BCUT2D eigenvalue weighted by molar-refractivity contribution is 5.78. The Balaban J connectivity index is 1.59. The van der Waals surface area contributed by atoms with Gasteiger partial charge in [-0.25, -0.2) is 4.98 Å². The zero-order chi connectivity index (χ0) is 21.6. The minimum absolute atomic E-state index is 0.229. The molecular formula is C24H22N4O3. The normalized spacial score (nSPS) is 10.8. The second-order valence-corrected chi connectivity index (χ2v) is 7.20. The average molecular weight is 414 g/mol. The van der Waals surface area contributed by atoms with E-state index in [4.69, 9.17) is 0 Å². The lowest BCUT2D eigenvalue weighted by atomic mass is 10.1. The van der Waals surface area contributed by atoms with E-state index >= 15 is 0 Å². The Morgan fingerprint density at radius 2 is 1.45 bits per heavy atom. The minimum Gasteiger partial charge on any atom is -0.354 e. The molecule has 7 nitrogen and oxygen atoms in total. The lowest BCUT2D eigenvalue weighted by molar-refractivity contribution is -0.121. The Morgan fingerprint density at radius 1 is 0.806 bits per heavy atom. The van der Waals surface area contributed by atoms with Gasteiger partial charge in [0.2, 0.25) is 5.91 Å². The third-order valence-corrected chi connectivity index (χ3v) is 5.05. The topological polar surface area (TPSA) is 86.0 Å². The van der Waals surface area contributed by atoms with E-state index in [9.17, 15) is 14.4 Å². The van der Waals surface area contributed by atoms with E-state index in [1.165, 1.54) is 9.13 Å². The fourth-order valence-corrected chi connectivity index (χ4v) is 3.50. The summed E-state index contributed by atoms with van der Waals surface area (Å²) in [4.78, 5) is 42.5. The summed E-state index contributed by atoms with van der Waals surface area (Å²) in [5, 5.41) is 2.82. The highest BCUT2D eigenvalue weighted by atomic mass is 16.2. The van der Waals surface area contributed by atoms with Gasteiger partial charge in [-0.15, -0.1) is 0 Å². The highest BCUT2D eigenvalue weighted by Crippen LogP contribution is 2.10. The first kappa shape index (κ1) is 20.3. The summed E-state index contributed by atoms with van der Waals surface area (Å²) in [5.74, 6) is -0.330. The van der Waals surface area contributed by atoms with Crippen LogP contribution in [0.3, 0.4) is 0 Å². The van der Waals surface area contributed by atoms with Crippen LogP contribution in [-0.4, -0.2) is 26.6 Å². The molecule has 4 aromatic rings. The third-order valence-electron chi connectivity index (χ3n) is 5.05. The number of benzene rings is 2. The maximum atomic E-state index is 12.8. The molecule has 31 heavy (non-hydrogen) atoms. The van der Waals surface area contributed by atoms with Crippen LogP contribution in [0.5, 0.6) is 0 Å². The SMILES string of the molecule is O=C(Cn1c(=O)c(=O)n(Cc2ccccc2)c2ncccc21)NCCc1ccccc1. The van der Waals surface area contributed by atoms with Crippen molar-refractivity contribution >= 4 is 17.1 Å². The van der Waals surface area contributed by atoms with Crippen LogP contribution in [0.15, 0.2) is 88.6 Å². The summed E-state index contributed by atoms with van der Waals surface area (Å²) in [7, 11) is 0. The van der Waals surface area contributed by atoms with Gasteiger partial charge in [0, 0.05) is 12.7 Å². The molecule has 0 bridgehead atoms. The van der Waals surface area contributed by atoms with Gasteiger partial charge in [-0.2, -0.15) is 0 Å². The largest absolute Gasteiger partial charge is 0.354 e. The number of carbonyl (C=O) groups is 1. The van der Waals surface area contributed by atoms with Gasteiger partial charge >= 0.3 is 11.1 Å². The fraction of sp³-hybridized carbons (Fsp3) is 0.167. The van der Waals surface area contributed by atoms with Gasteiger partial charge in [-0.05, 0) is 29.7 Å². The molecule has 0 fully saturated rings. The Morgan fingerprint density at radius 3 is 2.16 bits per heavy atom. The maximum absolute atomic E-state index is 12.8. The van der Waals surface area contributed by atoms with E-state index < -0.39 is 11.1 Å². The van der Waals surface area contributed by atoms with Crippen LogP contribution >= 0.6 is 0 Å². The number of pyridine rings is 1. The van der Waals surface area contributed by atoms with Crippen LogP contribution in [0.4, 0.5) is 0 Å². The standard InChI is InChI=1S/C24H22N4O3/c29-21(25-15-13-18-8-3-1-4-9-18)17-27-20-12-7-14-26-22(20)28(24(31)23(27)30)16-19-10-5-2-6-11-19/h1-12,14H,13,15-17H2,(H,25,29). The number of fused-ring (bicyclic) bond motifs is 1. The molecule has 156 valence electrons. The van der Waals surface area contributed by atoms with Gasteiger partial charge in [0.05, 0.1) is 12.1 Å². The zero-order valence-electron chi connectivity index (χ0n) is 16.9. The molecule has 0 aliphatic heterocycles. The second kappa shape index (κ2) is 9.21. The van der Waals surface area contributed by atoms with Crippen molar-refractivity contribution in [1.29, 1.82) is 0 Å². The quantitative estimate of drug-likeness (QED) is 0.469. The third kappa shape index (κ3) is 4.61. The van der Waals surface area contributed by atoms with Crippen molar-refractivity contribution in [2.75, 3.05) is 6.54 Å². The summed E-state index contributed by atoms with van der Waals surface area (Å²) < 4.78 is 2.56. The van der Waals surface area contributed by atoms with E-state index in [-0.39, 0.29) is 19.0 Å². The Bertz CT molecular complexity index is 1310. The van der Waals surface area contributed by atoms with Crippen molar-refractivity contribution in [2.24, 2.45) is 0 Å². The molecule has 0 atom stereocenters. The smallest absolute Gasteiger partial charge is 0.318 e. The molecule has 0 saturated carbocycles. The number of amides is 1. The van der Waals surface area contributed by atoms with E-state index in [0.717, 1.165) is 11.1 Å². The summed E-state index contributed by atoms with van der Waals surface area (Å²) in [6.45, 7) is 0.433. The van der Waals surface area contributed by atoms with E-state index in [2.05, 4.69) is 10.3 Å². The molecule has 0 spiro atoms. The molecule has 7 heteroatoms. The molecular weight excluding hydrogens is 392 g/mol. The van der Waals surface area contributed by atoms with E-state index in [0.29, 0.717) is 24.1 Å². The molecule has 0 radical (unpaired) electrons. The van der Waals surface area contributed by atoms with E-state index in [1.54, 1.807) is 18.3 Å². The summed E-state index contributed by atoms with van der Waals surface area (Å²) in [5.41, 5.74) is 1.36. The van der Waals surface area contributed by atoms with Gasteiger partial charge < -0.3 is 5.32 Å². The highest BCUT2D eigenvalue weighted by Gasteiger charge is 2.16. The summed E-state index contributed by atoms with van der Waals surface area (Å²) >= 11 is 0. The van der Waals surface area contributed by atoms with Crippen molar-refractivity contribution < 1.29 is 4.79 Å². The molecule has 1 amide bonds. The maximum Gasteiger partial charge on any atom is 0.318 e. The predicted molar refractivity (Wildman–Crippen MR) is 119 cm³/mol. The number of rotatable bonds is 7. The molecule has 2 aromatic heterocycles. The number of nitrogens with zero attached hydrogens (tertiary/aromatic N) is 3. The molecule has 0 unspecified atom stereocenters. The zero-order valence-corrected chi connectivity index (χ0v) is 16.9. The molecule has 2 heterocycles. The number of aromatic nitrogens is 3. The summed E-state index contributed by atoms with van der Waals surface area (Å²) in [6.07, 6.45) is 2.25. The van der Waals surface area contributed by atoms with Gasteiger partial charge in [0.15, 0.2) is 5.65 Å². The Hall–Kier alpha value is -4.00. The first-order valence-electron chi connectivity index (χ1n) is 10.1. The Labute approximate surface area is 178 Å². The molecule has 0 saturated heterocycles. The van der Waals surface area contributed by atoms with Crippen LogP contribution in [0.2, 0.25) is 0 Å². The van der Waals surface area contributed by atoms with Gasteiger partial charge in [-0.1, -0.05) is 60.7 Å². The monoisotopic (exact) mass is 414 g/mol. The van der Waals surface area contributed by atoms with Crippen molar-refractivity contribution in [1.82, 2.24) is 19.4 Å². The van der Waals surface area contributed by atoms with Crippen LogP contribution in [0.25, 0.3) is 11.2 Å². The summed E-state index contributed by atoms with van der Waals surface area (Å²) in [6, 6.07) is 22.6. The molecule has 4 rings (SSSR count). The number of nitrogens with one attached hydrogen (secondary N) is 1. The number of hydrogen-bond acceptors (Lipinski definition) is 4.